The lowest BCUT2D eigenvalue weighted by Crippen LogP contribution is -2.51. The second-order valence-corrected chi connectivity index (χ2v) is 6.85. The molecule has 7 nitrogen and oxygen atoms in total. The SMILES string of the molecule is CC(C)C[C@H](NC(=O)c1cc2ccccc2o1)C(=O)NC1COCC1=O. The highest BCUT2D eigenvalue weighted by Crippen LogP contribution is 2.19. The van der Waals surface area contributed by atoms with Crippen LogP contribution in [0.25, 0.3) is 11.0 Å². The monoisotopic (exact) mass is 358 g/mol. The highest BCUT2D eigenvalue weighted by Gasteiger charge is 2.31. The lowest BCUT2D eigenvalue weighted by Gasteiger charge is -2.21. The summed E-state index contributed by atoms with van der Waals surface area (Å²) in [5, 5.41) is 6.19. The number of ether oxygens (including phenoxy) is 1. The van der Waals surface area contributed by atoms with E-state index in [2.05, 4.69) is 10.6 Å². The molecule has 0 aliphatic carbocycles. The lowest BCUT2D eigenvalue weighted by molar-refractivity contribution is -0.127. The van der Waals surface area contributed by atoms with Gasteiger partial charge >= 0.3 is 0 Å². The first-order valence-corrected chi connectivity index (χ1v) is 8.64. The Kier molecular flexibility index (Phi) is 5.37. The summed E-state index contributed by atoms with van der Waals surface area (Å²) >= 11 is 0. The third-order valence-electron chi connectivity index (χ3n) is 4.21. The molecule has 1 fully saturated rings. The summed E-state index contributed by atoms with van der Waals surface area (Å²) in [5.74, 6) is -0.696. The molecular weight excluding hydrogens is 336 g/mol. The molecule has 1 aliphatic heterocycles. The molecule has 2 N–H and O–H groups in total. The number of benzene rings is 1. The molecule has 0 bridgehead atoms. The number of amides is 2. The van der Waals surface area contributed by atoms with Crippen molar-refractivity contribution in [3.63, 3.8) is 0 Å². The molecule has 2 amide bonds. The number of Topliss-reactive ketones (excluding diaryl/α,β-unsaturated/α-hetero) is 1. The lowest BCUT2D eigenvalue weighted by atomic mass is 10.0. The standard InChI is InChI=1S/C19H22N2O5/c1-11(2)7-13(18(23)21-14-9-25-10-15(14)22)20-19(24)17-8-12-5-3-4-6-16(12)26-17/h3-6,8,11,13-14H,7,9-10H2,1-2H3,(H,20,24)(H,21,23)/t13-,14?/m0/s1. The van der Waals surface area contributed by atoms with E-state index >= 15 is 0 Å². The number of rotatable bonds is 6. The second-order valence-electron chi connectivity index (χ2n) is 6.85. The Balaban J connectivity index is 1.71. The molecule has 1 aromatic carbocycles. The maximum atomic E-state index is 12.6. The number of carbonyl (C=O) groups excluding carboxylic acids is 3. The molecule has 2 atom stereocenters. The van der Waals surface area contributed by atoms with Crippen molar-refractivity contribution in [3.8, 4) is 0 Å². The van der Waals surface area contributed by atoms with Gasteiger partial charge in [-0.3, -0.25) is 14.4 Å². The summed E-state index contributed by atoms with van der Waals surface area (Å²) in [6.45, 7) is 4.08. The quantitative estimate of drug-likeness (QED) is 0.818. The molecule has 0 saturated carbocycles. The Morgan fingerprint density at radius 1 is 1.27 bits per heavy atom. The molecule has 1 aliphatic rings. The van der Waals surface area contributed by atoms with Crippen molar-refractivity contribution in [2.24, 2.45) is 5.92 Å². The molecule has 1 unspecified atom stereocenters. The molecule has 0 radical (unpaired) electrons. The fraction of sp³-hybridized carbons (Fsp3) is 0.421. The van der Waals surface area contributed by atoms with Crippen LogP contribution in [0.1, 0.15) is 30.8 Å². The van der Waals surface area contributed by atoms with Crippen LogP contribution < -0.4 is 10.6 Å². The number of carbonyl (C=O) groups is 3. The molecule has 26 heavy (non-hydrogen) atoms. The van der Waals surface area contributed by atoms with Crippen LogP contribution >= 0.6 is 0 Å². The topological polar surface area (TPSA) is 97.6 Å². The number of hydrogen-bond acceptors (Lipinski definition) is 5. The van der Waals surface area contributed by atoms with Gasteiger partial charge in [0.25, 0.3) is 5.91 Å². The van der Waals surface area contributed by atoms with E-state index in [4.69, 9.17) is 9.15 Å². The molecule has 3 rings (SSSR count). The van der Waals surface area contributed by atoms with Crippen molar-refractivity contribution in [3.05, 3.63) is 36.1 Å². The Hall–Kier alpha value is -2.67. The molecule has 1 aromatic heterocycles. The van der Waals surface area contributed by atoms with Crippen LogP contribution in [0.5, 0.6) is 0 Å². The minimum absolute atomic E-state index is 0.00510. The van der Waals surface area contributed by atoms with Gasteiger partial charge < -0.3 is 19.8 Å². The van der Waals surface area contributed by atoms with Gasteiger partial charge in [0.15, 0.2) is 11.5 Å². The molecule has 1 saturated heterocycles. The average molecular weight is 358 g/mol. The fourth-order valence-electron chi connectivity index (χ4n) is 2.89. The first-order chi connectivity index (χ1) is 12.4. The predicted molar refractivity (Wildman–Crippen MR) is 94.7 cm³/mol. The first-order valence-electron chi connectivity index (χ1n) is 8.64. The number of furan rings is 1. The van der Waals surface area contributed by atoms with Crippen LogP contribution in [0.2, 0.25) is 0 Å². The van der Waals surface area contributed by atoms with E-state index in [1.165, 1.54) is 0 Å². The van der Waals surface area contributed by atoms with Crippen molar-refractivity contribution in [1.29, 1.82) is 0 Å². The van der Waals surface area contributed by atoms with E-state index < -0.39 is 23.9 Å². The molecular formula is C19H22N2O5. The number of hydrogen-bond donors (Lipinski definition) is 2. The van der Waals surface area contributed by atoms with Gasteiger partial charge in [0.1, 0.15) is 24.3 Å². The van der Waals surface area contributed by atoms with Crippen molar-refractivity contribution in [2.75, 3.05) is 13.2 Å². The number of fused-ring (bicyclic) bond motifs is 1. The van der Waals surface area contributed by atoms with E-state index in [1.807, 2.05) is 32.0 Å². The van der Waals surface area contributed by atoms with Gasteiger partial charge in [0.05, 0.1) is 6.61 Å². The van der Waals surface area contributed by atoms with E-state index in [0.717, 1.165) is 5.39 Å². The van der Waals surface area contributed by atoms with Gasteiger partial charge in [0.2, 0.25) is 5.91 Å². The van der Waals surface area contributed by atoms with Crippen LogP contribution in [-0.4, -0.2) is 42.9 Å². The van der Waals surface area contributed by atoms with Gasteiger partial charge in [0, 0.05) is 5.39 Å². The summed E-state index contributed by atoms with van der Waals surface area (Å²) in [5.41, 5.74) is 0.608. The van der Waals surface area contributed by atoms with Crippen molar-refractivity contribution < 1.29 is 23.5 Å². The van der Waals surface area contributed by atoms with Crippen LogP contribution in [0, 0.1) is 5.92 Å². The van der Waals surface area contributed by atoms with Crippen molar-refractivity contribution in [2.45, 2.75) is 32.4 Å². The van der Waals surface area contributed by atoms with Crippen molar-refractivity contribution in [1.82, 2.24) is 10.6 Å². The van der Waals surface area contributed by atoms with Gasteiger partial charge in [-0.1, -0.05) is 32.0 Å². The zero-order chi connectivity index (χ0) is 18.7. The maximum Gasteiger partial charge on any atom is 0.287 e. The van der Waals surface area contributed by atoms with E-state index in [0.29, 0.717) is 12.0 Å². The second kappa shape index (κ2) is 7.70. The van der Waals surface area contributed by atoms with Crippen LogP contribution in [-0.2, 0) is 14.3 Å². The van der Waals surface area contributed by atoms with Crippen LogP contribution in [0.4, 0.5) is 0 Å². The third-order valence-corrected chi connectivity index (χ3v) is 4.21. The Bertz CT molecular complexity index is 793. The number of para-hydroxylation sites is 1. The maximum absolute atomic E-state index is 12.6. The number of ketones is 1. The molecule has 2 aromatic rings. The van der Waals surface area contributed by atoms with Crippen LogP contribution in [0.3, 0.4) is 0 Å². The average Bonchev–Trinajstić information content (AvgIpc) is 3.20. The Labute approximate surface area is 151 Å². The highest BCUT2D eigenvalue weighted by molar-refractivity contribution is 5.99. The summed E-state index contributed by atoms with van der Waals surface area (Å²) in [4.78, 5) is 36.7. The van der Waals surface area contributed by atoms with E-state index in [1.54, 1.807) is 12.1 Å². The first kappa shape index (κ1) is 18.1. The molecule has 7 heteroatoms. The minimum Gasteiger partial charge on any atom is -0.451 e. The van der Waals surface area contributed by atoms with E-state index in [9.17, 15) is 14.4 Å². The van der Waals surface area contributed by atoms with Crippen LogP contribution in [0.15, 0.2) is 34.7 Å². The number of nitrogens with one attached hydrogen (secondary N) is 2. The predicted octanol–water partition coefficient (Wildman–Crippen LogP) is 1.66. The van der Waals surface area contributed by atoms with Gasteiger partial charge in [-0.2, -0.15) is 0 Å². The van der Waals surface area contributed by atoms with Gasteiger partial charge in [-0.05, 0) is 24.5 Å². The molecule has 2 heterocycles. The molecule has 138 valence electrons. The normalized spacial score (nSPS) is 18.3. The van der Waals surface area contributed by atoms with Crippen molar-refractivity contribution >= 4 is 28.6 Å². The molecule has 0 spiro atoms. The van der Waals surface area contributed by atoms with E-state index in [-0.39, 0.29) is 30.7 Å². The third kappa shape index (κ3) is 4.11. The van der Waals surface area contributed by atoms with Gasteiger partial charge in [-0.25, -0.2) is 0 Å². The fourth-order valence-corrected chi connectivity index (χ4v) is 2.89. The Morgan fingerprint density at radius 3 is 2.69 bits per heavy atom. The summed E-state index contributed by atoms with van der Waals surface area (Å²) in [6, 6.07) is 7.53. The smallest absolute Gasteiger partial charge is 0.287 e. The van der Waals surface area contributed by atoms with Gasteiger partial charge in [-0.15, -0.1) is 0 Å². The Morgan fingerprint density at radius 2 is 2.04 bits per heavy atom. The highest BCUT2D eigenvalue weighted by atomic mass is 16.5. The zero-order valence-electron chi connectivity index (χ0n) is 14.8. The zero-order valence-corrected chi connectivity index (χ0v) is 14.8. The summed E-state index contributed by atoms with van der Waals surface area (Å²) < 4.78 is 10.6. The summed E-state index contributed by atoms with van der Waals surface area (Å²) in [7, 11) is 0. The minimum atomic E-state index is -0.760. The largest absolute Gasteiger partial charge is 0.451 e. The summed E-state index contributed by atoms with van der Waals surface area (Å²) in [6.07, 6.45) is 0.444.